The van der Waals surface area contributed by atoms with Gasteiger partial charge >= 0.3 is 0 Å². The van der Waals surface area contributed by atoms with Gasteiger partial charge in [-0.15, -0.1) is 11.6 Å². The number of amides is 1. The van der Waals surface area contributed by atoms with Gasteiger partial charge in [0.1, 0.15) is 12.4 Å². The maximum absolute atomic E-state index is 11.3. The van der Waals surface area contributed by atoms with Crippen LogP contribution >= 0.6 is 11.6 Å². The number of hydrogen-bond acceptors (Lipinski definition) is 2. The highest BCUT2D eigenvalue weighted by Crippen LogP contribution is 2.18. The van der Waals surface area contributed by atoms with Crippen molar-refractivity contribution in [1.29, 1.82) is 0 Å². The van der Waals surface area contributed by atoms with E-state index in [1.807, 2.05) is 26.0 Å². The highest BCUT2D eigenvalue weighted by Gasteiger charge is 2.02. The number of aryl methyl sites for hydroxylation is 2. The van der Waals surface area contributed by atoms with Crippen molar-refractivity contribution >= 4 is 17.5 Å². The molecule has 1 amide bonds. The Balaban J connectivity index is 2.25. The Bertz CT molecular complexity index is 393. The molecule has 0 heterocycles. The van der Waals surface area contributed by atoms with Crippen LogP contribution in [0.1, 0.15) is 24.0 Å². The smallest absolute Gasteiger partial charge is 0.220 e. The van der Waals surface area contributed by atoms with Crippen LogP contribution < -0.4 is 10.1 Å². The van der Waals surface area contributed by atoms with E-state index in [-0.39, 0.29) is 5.91 Å². The van der Waals surface area contributed by atoms with E-state index in [1.165, 1.54) is 5.56 Å². The second-order valence-corrected chi connectivity index (χ2v) is 4.64. The monoisotopic (exact) mass is 269 g/mol. The average Bonchev–Trinajstić information content (AvgIpc) is 2.36. The van der Waals surface area contributed by atoms with Gasteiger partial charge in [-0.05, 0) is 37.5 Å². The standard InChI is InChI=1S/C14H20ClNO2/c1-11-5-6-12(2)13(10-11)18-9-8-16-14(17)4-3-7-15/h5-6,10H,3-4,7-9H2,1-2H3,(H,16,17). The summed E-state index contributed by atoms with van der Waals surface area (Å²) in [6.07, 6.45) is 1.19. The van der Waals surface area contributed by atoms with Gasteiger partial charge in [0.2, 0.25) is 5.91 Å². The predicted molar refractivity (Wildman–Crippen MR) is 74.4 cm³/mol. The lowest BCUT2D eigenvalue weighted by atomic mass is 10.1. The van der Waals surface area contributed by atoms with Crippen molar-refractivity contribution in [3.8, 4) is 5.75 Å². The summed E-state index contributed by atoms with van der Waals surface area (Å²) in [5, 5.41) is 2.80. The fourth-order valence-electron chi connectivity index (χ4n) is 1.53. The molecular weight excluding hydrogens is 250 g/mol. The lowest BCUT2D eigenvalue weighted by molar-refractivity contribution is -0.121. The Morgan fingerprint density at radius 1 is 1.39 bits per heavy atom. The summed E-state index contributed by atoms with van der Waals surface area (Å²) in [5.41, 5.74) is 2.27. The Morgan fingerprint density at radius 2 is 2.17 bits per heavy atom. The molecule has 0 aromatic heterocycles. The van der Waals surface area contributed by atoms with Crippen LogP contribution in [0, 0.1) is 13.8 Å². The first-order valence-electron chi connectivity index (χ1n) is 6.16. The zero-order chi connectivity index (χ0) is 13.4. The third-order valence-corrected chi connectivity index (χ3v) is 2.83. The second-order valence-electron chi connectivity index (χ2n) is 4.26. The molecule has 3 nitrogen and oxygen atoms in total. The first kappa shape index (κ1) is 14.8. The molecule has 0 fully saturated rings. The number of hydrogen-bond donors (Lipinski definition) is 1. The Morgan fingerprint density at radius 3 is 2.89 bits per heavy atom. The molecule has 18 heavy (non-hydrogen) atoms. The quantitative estimate of drug-likeness (QED) is 0.611. The van der Waals surface area contributed by atoms with Crippen LogP contribution in [0.2, 0.25) is 0 Å². The van der Waals surface area contributed by atoms with Gasteiger partial charge < -0.3 is 10.1 Å². The molecular formula is C14H20ClNO2. The number of carbonyl (C=O) groups is 1. The molecule has 0 aliphatic rings. The normalized spacial score (nSPS) is 10.2. The summed E-state index contributed by atoms with van der Waals surface area (Å²) in [4.78, 5) is 11.3. The molecule has 0 atom stereocenters. The maximum Gasteiger partial charge on any atom is 0.220 e. The Hall–Kier alpha value is -1.22. The van der Waals surface area contributed by atoms with Gasteiger partial charge in [0.05, 0.1) is 6.54 Å². The molecule has 0 spiro atoms. The van der Waals surface area contributed by atoms with Crippen molar-refractivity contribution in [1.82, 2.24) is 5.32 Å². The molecule has 1 rings (SSSR count). The van der Waals surface area contributed by atoms with Gasteiger partial charge in [0, 0.05) is 12.3 Å². The molecule has 1 aromatic rings. The summed E-state index contributed by atoms with van der Waals surface area (Å²) in [5.74, 6) is 1.43. The number of halogens is 1. The molecule has 0 radical (unpaired) electrons. The van der Waals surface area contributed by atoms with Crippen LogP contribution in [0.4, 0.5) is 0 Å². The lowest BCUT2D eigenvalue weighted by Crippen LogP contribution is -2.27. The summed E-state index contributed by atoms with van der Waals surface area (Å²) >= 11 is 5.51. The van der Waals surface area contributed by atoms with Gasteiger partial charge in [-0.25, -0.2) is 0 Å². The van der Waals surface area contributed by atoms with Crippen molar-refractivity contribution in [3.63, 3.8) is 0 Å². The number of benzene rings is 1. The molecule has 0 saturated carbocycles. The van der Waals surface area contributed by atoms with Gasteiger partial charge in [-0.1, -0.05) is 12.1 Å². The highest BCUT2D eigenvalue weighted by molar-refractivity contribution is 6.17. The zero-order valence-corrected chi connectivity index (χ0v) is 11.7. The largest absolute Gasteiger partial charge is 0.491 e. The molecule has 4 heteroatoms. The van der Waals surface area contributed by atoms with Crippen molar-refractivity contribution in [2.75, 3.05) is 19.0 Å². The van der Waals surface area contributed by atoms with E-state index < -0.39 is 0 Å². The second kappa shape index (κ2) is 7.98. The summed E-state index contributed by atoms with van der Waals surface area (Å²) in [7, 11) is 0. The molecule has 0 saturated heterocycles. The third-order valence-electron chi connectivity index (χ3n) is 2.56. The van der Waals surface area contributed by atoms with Gasteiger partial charge in [0.15, 0.2) is 0 Å². The van der Waals surface area contributed by atoms with E-state index in [1.54, 1.807) is 0 Å². The number of carbonyl (C=O) groups excluding carboxylic acids is 1. The van der Waals surface area contributed by atoms with Gasteiger partial charge in [-0.2, -0.15) is 0 Å². The summed E-state index contributed by atoms with van der Waals surface area (Å²) in [6.45, 7) is 5.04. The Labute approximate surface area is 113 Å². The maximum atomic E-state index is 11.3. The van der Waals surface area contributed by atoms with Crippen LogP contribution in [0.5, 0.6) is 5.75 Å². The first-order valence-corrected chi connectivity index (χ1v) is 6.69. The van der Waals surface area contributed by atoms with E-state index in [0.717, 1.165) is 11.3 Å². The van der Waals surface area contributed by atoms with Gasteiger partial charge in [-0.3, -0.25) is 4.79 Å². The van der Waals surface area contributed by atoms with E-state index in [9.17, 15) is 4.79 Å². The number of alkyl halides is 1. The van der Waals surface area contributed by atoms with E-state index in [2.05, 4.69) is 11.4 Å². The van der Waals surface area contributed by atoms with E-state index in [4.69, 9.17) is 16.3 Å². The molecule has 0 unspecified atom stereocenters. The molecule has 1 N–H and O–H groups in total. The lowest BCUT2D eigenvalue weighted by Gasteiger charge is -2.10. The predicted octanol–water partition coefficient (Wildman–Crippen LogP) is 2.82. The molecule has 0 aliphatic carbocycles. The van der Waals surface area contributed by atoms with Crippen LogP contribution in [0.15, 0.2) is 18.2 Å². The number of nitrogens with one attached hydrogen (secondary N) is 1. The van der Waals surface area contributed by atoms with Crippen LogP contribution in [0.3, 0.4) is 0 Å². The SMILES string of the molecule is Cc1ccc(C)c(OCCNC(=O)CCCCl)c1. The minimum Gasteiger partial charge on any atom is -0.491 e. The van der Waals surface area contributed by atoms with Crippen molar-refractivity contribution in [3.05, 3.63) is 29.3 Å². The molecule has 1 aromatic carbocycles. The van der Waals surface area contributed by atoms with Gasteiger partial charge in [0.25, 0.3) is 0 Å². The topological polar surface area (TPSA) is 38.3 Å². The van der Waals surface area contributed by atoms with E-state index in [0.29, 0.717) is 31.9 Å². The van der Waals surface area contributed by atoms with Crippen LogP contribution in [0.25, 0.3) is 0 Å². The summed E-state index contributed by atoms with van der Waals surface area (Å²) < 4.78 is 5.63. The number of ether oxygens (including phenoxy) is 1. The van der Waals surface area contributed by atoms with Crippen LogP contribution in [-0.4, -0.2) is 24.9 Å². The Kier molecular flexibility index (Phi) is 6.58. The molecule has 0 bridgehead atoms. The summed E-state index contributed by atoms with van der Waals surface area (Å²) in [6, 6.07) is 6.09. The fourth-order valence-corrected chi connectivity index (χ4v) is 1.66. The first-order chi connectivity index (χ1) is 8.63. The van der Waals surface area contributed by atoms with Crippen LogP contribution in [-0.2, 0) is 4.79 Å². The van der Waals surface area contributed by atoms with Crippen molar-refractivity contribution in [2.45, 2.75) is 26.7 Å². The zero-order valence-electron chi connectivity index (χ0n) is 11.0. The molecule has 0 aliphatic heterocycles. The van der Waals surface area contributed by atoms with Crippen molar-refractivity contribution in [2.24, 2.45) is 0 Å². The number of rotatable bonds is 7. The van der Waals surface area contributed by atoms with Crippen molar-refractivity contribution < 1.29 is 9.53 Å². The average molecular weight is 270 g/mol. The highest BCUT2D eigenvalue weighted by atomic mass is 35.5. The minimum absolute atomic E-state index is 0.0280. The third kappa shape index (κ3) is 5.41. The van der Waals surface area contributed by atoms with E-state index >= 15 is 0 Å². The molecule has 100 valence electrons. The fraction of sp³-hybridized carbons (Fsp3) is 0.500. The minimum atomic E-state index is 0.0280.